The topological polar surface area (TPSA) is 111 Å². The number of carbonyl (C=O) groups excluding carboxylic acids is 2. The minimum Gasteiger partial charge on any atom is -0.462 e. The minimum absolute atomic E-state index is 0.0244. The number of nitro groups is 1. The van der Waals surface area contributed by atoms with Crippen molar-refractivity contribution < 1.29 is 19.2 Å². The molecule has 138 valence electrons. The SMILES string of the molecule is CCOC(=O)c1c(NC(=O)CNc2ccc([N+](=O)[O-])cc2)sc(C)c1C. The van der Waals surface area contributed by atoms with Crippen LogP contribution in [0.5, 0.6) is 0 Å². The van der Waals surface area contributed by atoms with Crippen LogP contribution in [0.4, 0.5) is 16.4 Å². The Balaban J connectivity index is 2.02. The fraction of sp³-hybridized carbons (Fsp3) is 0.294. The van der Waals surface area contributed by atoms with E-state index < -0.39 is 10.9 Å². The van der Waals surface area contributed by atoms with Crippen molar-refractivity contribution in [3.63, 3.8) is 0 Å². The molecule has 8 nitrogen and oxygen atoms in total. The van der Waals surface area contributed by atoms with E-state index in [1.807, 2.05) is 13.8 Å². The molecule has 9 heteroatoms. The van der Waals surface area contributed by atoms with E-state index in [1.54, 1.807) is 6.92 Å². The number of nitro benzene ring substituents is 1. The highest BCUT2D eigenvalue weighted by atomic mass is 32.1. The van der Waals surface area contributed by atoms with E-state index in [0.29, 0.717) is 16.3 Å². The van der Waals surface area contributed by atoms with Gasteiger partial charge in [0.1, 0.15) is 5.00 Å². The second kappa shape index (κ2) is 8.43. The van der Waals surface area contributed by atoms with E-state index >= 15 is 0 Å². The molecule has 0 atom stereocenters. The molecule has 2 rings (SSSR count). The molecular weight excluding hydrogens is 358 g/mol. The van der Waals surface area contributed by atoms with E-state index in [-0.39, 0.29) is 24.7 Å². The Morgan fingerprint density at radius 3 is 2.46 bits per heavy atom. The summed E-state index contributed by atoms with van der Waals surface area (Å²) >= 11 is 1.31. The van der Waals surface area contributed by atoms with Gasteiger partial charge in [0, 0.05) is 22.7 Å². The molecule has 0 aliphatic carbocycles. The van der Waals surface area contributed by atoms with Crippen molar-refractivity contribution in [3.05, 3.63) is 50.4 Å². The van der Waals surface area contributed by atoms with Gasteiger partial charge < -0.3 is 15.4 Å². The number of carbonyl (C=O) groups is 2. The van der Waals surface area contributed by atoms with E-state index in [1.165, 1.54) is 35.6 Å². The second-order valence-corrected chi connectivity index (χ2v) is 6.64. The van der Waals surface area contributed by atoms with Crippen LogP contribution < -0.4 is 10.6 Å². The van der Waals surface area contributed by atoms with Gasteiger partial charge in [-0.05, 0) is 38.5 Å². The summed E-state index contributed by atoms with van der Waals surface area (Å²) in [6, 6.07) is 5.75. The summed E-state index contributed by atoms with van der Waals surface area (Å²) in [4.78, 5) is 35.4. The van der Waals surface area contributed by atoms with Gasteiger partial charge in [0.2, 0.25) is 5.91 Å². The molecule has 0 saturated heterocycles. The number of hydrogen-bond acceptors (Lipinski definition) is 7. The number of nitrogens with one attached hydrogen (secondary N) is 2. The van der Waals surface area contributed by atoms with Gasteiger partial charge in [-0.2, -0.15) is 0 Å². The summed E-state index contributed by atoms with van der Waals surface area (Å²) in [7, 11) is 0. The molecule has 0 radical (unpaired) electrons. The summed E-state index contributed by atoms with van der Waals surface area (Å²) in [5.41, 5.74) is 1.71. The molecule has 0 fully saturated rings. The highest BCUT2D eigenvalue weighted by Crippen LogP contribution is 2.33. The Morgan fingerprint density at radius 1 is 1.23 bits per heavy atom. The molecule has 26 heavy (non-hydrogen) atoms. The maximum Gasteiger partial charge on any atom is 0.341 e. The summed E-state index contributed by atoms with van der Waals surface area (Å²) < 4.78 is 5.05. The smallest absolute Gasteiger partial charge is 0.341 e. The Kier molecular flexibility index (Phi) is 6.29. The number of aryl methyl sites for hydroxylation is 1. The van der Waals surface area contributed by atoms with Gasteiger partial charge in [-0.25, -0.2) is 4.79 Å². The van der Waals surface area contributed by atoms with E-state index in [9.17, 15) is 19.7 Å². The van der Waals surface area contributed by atoms with E-state index in [4.69, 9.17) is 4.74 Å². The molecule has 1 aromatic heterocycles. The third kappa shape index (κ3) is 4.57. The van der Waals surface area contributed by atoms with Crippen molar-refractivity contribution in [3.8, 4) is 0 Å². The number of benzene rings is 1. The lowest BCUT2D eigenvalue weighted by Crippen LogP contribution is -2.22. The van der Waals surface area contributed by atoms with E-state index in [0.717, 1.165) is 10.4 Å². The van der Waals surface area contributed by atoms with Gasteiger partial charge in [0.05, 0.1) is 23.6 Å². The Labute approximate surface area is 154 Å². The van der Waals surface area contributed by atoms with Gasteiger partial charge in [0.25, 0.3) is 5.69 Å². The van der Waals surface area contributed by atoms with Gasteiger partial charge >= 0.3 is 5.97 Å². The zero-order valence-electron chi connectivity index (χ0n) is 14.6. The van der Waals surface area contributed by atoms with Gasteiger partial charge in [0.15, 0.2) is 0 Å². The molecule has 0 aliphatic heterocycles. The molecular formula is C17H19N3O5S. The number of thiophene rings is 1. The number of anilines is 2. The first-order valence-corrected chi connectivity index (χ1v) is 8.70. The van der Waals surface area contributed by atoms with Crippen molar-refractivity contribution in [2.75, 3.05) is 23.8 Å². The maximum atomic E-state index is 12.2. The lowest BCUT2D eigenvalue weighted by molar-refractivity contribution is -0.384. The fourth-order valence-electron chi connectivity index (χ4n) is 2.22. The van der Waals surface area contributed by atoms with Gasteiger partial charge in [-0.3, -0.25) is 14.9 Å². The zero-order chi connectivity index (χ0) is 19.3. The van der Waals surface area contributed by atoms with Crippen LogP contribution >= 0.6 is 11.3 Å². The first-order valence-electron chi connectivity index (χ1n) is 7.88. The van der Waals surface area contributed by atoms with Crippen LogP contribution in [0.2, 0.25) is 0 Å². The van der Waals surface area contributed by atoms with Gasteiger partial charge in [-0.1, -0.05) is 0 Å². The lowest BCUT2D eigenvalue weighted by atomic mass is 10.1. The summed E-state index contributed by atoms with van der Waals surface area (Å²) in [6.45, 7) is 5.60. The number of nitrogens with zero attached hydrogens (tertiary/aromatic N) is 1. The Morgan fingerprint density at radius 2 is 1.88 bits per heavy atom. The second-order valence-electron chi connectivity index (χ2n) is 5.41. The average molecular weight is 377 g/mol. The first kappa shape index (κ1) is 19.4. The van der Waals surface area contributed by atoms with Gasteiger partial charge in [-0.15, -0.1) is 11.3 Å². The standard InChI is InChI=1S/C17H19N3O5S/c1-4-25-17(22)15-10(2)11(3)26-16(15)19-14(21)9-18-12-5-7-13(8-6-12)20(23)24/h5-8,18H,4,9H2,1-3H3,(H,19,21). The van der Waals surface area contributed by atoms with Crippen molar-refractivity contribution in [1.29, 1.82) is 0 Å². The molecule has 1 aromatic carbocycles. The van der Waals surface area contributed by atoms with Crippen LogP contribution in [0.1, 0.15) is 27.7 Å². The third-order valence-corrected chi connectivity index (χ3v) is 4.77. The summed E-state index contributed by atoms with van der Waals surface area (Å²) in [5, 5.41) is 16.7. The van der Waals surface area contributed by atoms with Crippen LogP contribution in [-0.2, 0) is 9.53 Å². The predicted molar refractivity (Wildman–Crippen MR) is 100.0 cm³/mol. The predicted octanol–water partition coefficient (Wildman–Crippen LogP) is 3.50. The number of hydrogen-bond donors (Lipinski definition) is 2. The molecule has 0 spiro atoms. The average Bonchev–Trinajstić information content (AvgIpc) is 2.87. The first-order chi connectivity index (χ1) is 12.3. The van der Waals surface area contributed by atoms with Crippen molar-refractivity contribution in [1.82, 2.24) is 0 Å². The third-order valence-electron chi connectivity index (χ3n) is 3.65. The van der Waals surface area contributed by atoms with Crippen molar-refractivity contribution in [2.45, 2.75) is 20.8 Å². The molecule has 0 aliphatic rings. The molecule has 0 unspecified atom stereocenters. The van der Waals surface area contributed by atoms with Crippen LogP contribution in [0, 0.1) is 24.0 Å². The quantitative estimate of drug-likeness (QED) is 0.434. The van der Waals surface area contributed by atoms with Crippen LogP contribution in [0.3, 0.4) is 0 Å². The highest BCUT2D eigenvalue weighted by molar-refractivity contribution is 7.16. The minimum atomic E-state index is -0.491. The molecule has 1 heterocycles. The molecule has 0 saturated carbocycles. The highest BCUT2D eigenvalue weighted by Gasteiger charge is 2.21. The van der Waals surface area contributed by atoms with Crippen LogP contribution in [-0.4, -0.2) is 30.0 Å². The number of amides is 1. The zero-order valence-corrected chi connectivity index (χ0v) is 15.4. The monoisotopic (exact) mass is 377 g/mol. The molecule has 2 aromatic rings. The number of ether oxygens (including phenoxy) is 1. The molecule has 1 amide bonds. The largest absolute Gasteiger partial charge is 0.462 e. The number of esters is 1. The lowest BCUT2D eigenvalue weighted by Gasteiger charge is -2.08. The van der Waals surface area contributed by atoms with Crippen LogP contribution in [0.25, 0.3) is 0 Å². The molecule has 2 N–H and O–H groups in total. The number of non-ortho nitro benzene ring substituents is 1. The van der Waals surface area contributed by atoms with Crippen molar-refractivity contribution in [2.24, 2.45) is 0 Å². The Bertz CT molecular complexity index is 830. The summed E-state index contributed by atoms with van der Waals surface area (Å²) in [5.74, 6) is -0.803. The number of rotatable bonds is 7. The Hall–Kier alpha value is -2.94. The molecule has 0 bridgehead atoms. The summed E-state index contributed by atoms with van der Waals surface area (Å²) in [6.07, 6.45) is 0. The fourth-order valence-corrected chi connectivity index (χ4v) is 3.28. The maximum absolute atomic E-state index is 12.2. The van der Waals surface area contributed by atoms with Crippen molar-refractivity contribution >= 4 is 39.6 Å². The van der Waals surface area contributed by atoms with E-state index in [2.05, 4.69) is 10.6 Å². The van der Waals surface area contributed by atoms with Crippen LogP contribution in [0.15, 0.2) is 24.3 Å². The normalized spacial score (nSPS) is 10.3.